The Labute approximate surface area is 68.4 Å². The number of thiazole rings is 1. The van der Waals surface area contributed by atoms with Gasteiger partial charge in [0, 0.05) is 6.92 Å². The van der Waals surface area contributed by atoms with Crippen LogP contribution in [0.25, 0.3) is 0 Å². The average Bonchev–Trinajstić information content (AvgIpc) is 2.10. The summed E-state index contributed by atoms with van der Waals surface area (Å²) in [6.07, 6.45) is 0. The SMILES string of the molecule is CC(=O)Nc1nc(C)c(N)s1. The number of amides is 1. The summed E-state index contributed by atoms with van der Waals surface area (Å²) in [5.74, 6) is -0.126. The highest BCUT2D eigenvalue weighted by Crippen LogP contribution is 2.23. The number of anilines is 2. The summed E-state index contributed by atoms with van der Waals surface area (Å²) in [5, 5.41) is 3.76. The smallest absolute Gasteiger partial charge is 0.223 e. The van der Waals surface area contributed by atoms with Gasteiger partial charge in [-0.25, -0.2) is 4.98 Å². The van der Waals surface area contributed by atoms with Gasteiger partial charge in [-0.05, 0) is 6.92 Å². The highest BCUT2D eigenvalue weighted by atomic mass is 32.1. The molecule has 0 bridgehead atoms. The van der Waals surface area contributed by atoms with Crippen molar-refractivity contribution in [3.63, 3.8) is 0 Å². The minimum atomic E-state index is -0.126. The number of nitrogens with zero attached hydrogens (tertiary/aromatic N) is 1. The first-order chi connectivity index (χ1) is 5.09. The molecule has 0 radical (unpaired) electrons. The number of rotatable bonds is 1. The van der Waals surface area contributed by atoms with Crippen molar-refractivity contribution in [3.05, 3.63) is 5.69 Å². The molecule has 0 spiro atoms. The molecule has 0 aliphatic heterocycles. The zero-order valence-electron chi connectivity index (χ0n) is 6.34. The molecule has 1 aromatic rings. The topological polar surface area (TPSA) is 68.0 Å². The van der Waals surface area contributed by atoms with Gasteiger partial charge in [-0.1, -0.05) is 11.3 Å². The zero-order chi connectivity index (χ0) is 8.43. The van der Waals surface area contributed by atoms with Crippen molar-refractivity contribution < 1.29 is 4.79 Å². The number of aromatic nitrogens is 1. The quantitative estimate of drug-likeness (QED) is 0.662. The summed E-state index contributed by atoms with van der Waals surface area (Å²) >= 11 is 1.28. The van der Waals surface area contributed by atoms with E-state index in [1.807, 2.05) is 0 Å². The maximum atomic E-state index is 10.5. The van der Waals surface area contributed by atoms with Gasteiger partial charge in [-0.15, -0.1) is 0 Å². The van der Waals surface area contributed by atoms with E-state index >= 15 is 0 Å². The predicted molar refractivity (Wildman–Crippen MR) is 45.6 cm³/mol. The van der Waals surface area contributed by atoms with Gasteiger partial charge in [0.25, 0.3) is 0 Å². The first-order valence-electron chi connectivity index (χ1n) is 3.10. The molecule has 11 heavy (non-hydrogen) atoms. The standard InChI is InChI=1S/C6H9N3OS/c1-3-5(7)11-6(8-3)9-4(2)10/h7H2,1-2H3,(H,8,9,10). The largest absolute Gasteiger partial charge is 0.389 e. The Balaban J connectivity index is 2.81. The first-order valence-corrected chi connectivity index (χ1v) is 3.91. The van der Waals surface area contributed by atoms with Crippen molar-refractivity contribution in [3.8, 4) is 0 Å². The third-order valence-corrected chi connectivity index (χ3v) is 2.02. The van der Waals surface area contributed by atoms with Crippen molar-refractivity contribution in [2.45, 2.75) is 13.8 Å². The second kappa shape index (κ2) is 2.87. The Morgan fingerprint density at radius 2 is 2.36 bits per heavy atom. The highest BCUT2D eigenvalue weighted by molar-refractivity contribution is 7.19. The van der Waals surface area contributed by atoms with Crippen LogP contribution in [0.15, 0.2) is 0 Å². The lowest BCUT2D eigenvalue weighted by Gasteiger charge is -1.91. The van der Waals surface area contributed by atoms with Crippen molar-refractivity contribution >= 4 is 27.4 Å². The summed E-state index contributed by atoms with van der Waals surface area (Å²) in [5.41, 5.74) is 6.28. The van der Waals surface area contributed by atoms with Crippen molar-refractivity contribution in [2.24, 2.45) is 0 Å². The first kappa shape index (κ1) is 8.00. The van der Waals surface area contributed by atoms with Crippen LogP contribution in [-0.2, 0) is 4.79 Å². The number of nitrogen functional groups attached to an aromatic ring is 1. The van der Waals surface area contributed by atoms with Crippen LogP contribution in [0, 0.1) is 6.92 Å². The Morgan fingerprint density at radius 3 is 2.73 bits per heavy atom. The molecule has 0 saturated carbocycles. The Hall–Kier alpha value is -1.10. The monoisotopic (exact) mass is 171 g/mol. The van der Waals surface area contributed by atoms with Gasteiger partial charge in [0.2, 0.25) is 5.91 Å². The number of carbonyl (C=O) groups is 1. The summed E-state index contributed by atoms with van der Waals surface area (Å²) in [7, 11) is 0. The number of carbonyl (C=O) groups excluding carboxylic acids is 1. The number of hydrogen-bond acceptors (Lipinski definition) is 4. The second-order valence-corrected chi connectivity index (χ2v) is 3.18. The van der Waals surface area contributed by atoms with E-state index in [4.69, 9.17) is 5.73 Å². The van der Waals surface area contributed by atoms with Crippen LogP contribution in [0.2, 0.25) is 0 Å². The fraction of sp³-hybridized carbons (Fsp3) is 0.333. The highest BCUT2D eigenvalue weighted by Gasteiger charge is 2.03. The fourth-order valence-electron chi connectivity index (χ4n) is 0.612. The second-order valence-electron chi connectivity index (χ2n) is 2.15. The zero-order valence-corrected chi connectivity index (χ0v) is 7.16. The maximum absolute atomic E-state index is 10.5. The van der Waals surface area contributed by atoms with Crippen LogP contribution in [0.5, 0.6) is 0 Å². The molecule has 0 unspecified atom stereocenters. The minimum Gasteiger partial charge on any atom is -0.389 e. The third-order valence-electron chi connectivity index (χ3n) is 1.12. The molecule has 1 rings (SSSR count). The Kier molecular flexibility index (Phi) is 2.09. The summed E-state index contributed by atoms with van der Waals surface area (Å²) < 4.78 is 0. The number of aryl methyl sites for hydroxylation is 1. The van der Waals surface area contributed by atoms with Gasteiger partial charge in [0.05, 0.1) is 5.69 Å². The van der Waals surface area contributed by atoms with E-state index in [2.05, 4.69) is 10.3 Å². The molecule has 0 aliphatic carbocycles. The average molecular weight is 171 g/mol. The van der Waals surface area contributed by atoms with Crippen LogP contribution in [0.3, 0.4) is 0 Å². The molecule has 0 atom stereocenters. The minimum absolute atomic E-state index is 0.126. The molecule has 60 valence electrons. The lowest BCUT2D eigenvalue weighted by atomic mass is 10.5. The molecule has 5 heteroatoms. The van der Waals surface area contributed by atoms with Gasteiger partial charge < -0.3 is 11.1 Å². The van der Waals surface area contributed by atoms with E-state index < -0.39 is 0 Å². The van der Waals surface area contributed by atoms with Gasteiger partial charge in [-0.3, -0.25) is 4.79 Å². The number of nitrogens with two attached hydrogens (primary N) is 1. The fourth-order valence-corrected chi connectivity index (χ4v) is 1.39. The van der Waals surface area contributed by atoms with Crippen molar-refractivity contribution in [1.29, 1.82) is 0 Å². The molecule has 3 N–H and O–H groups in total. The van der Waals surface area contributed by atoms with Crippen molar-refractivity contribution in [1.82, 2.24) is 4.98 Å². The summed E-state index contributed by atoms with van der Waals surface area (Å²) in [4.78, 5) is 14.6. The van der Waals surface area contributed by atoms with E-state index in [1.165, 1.54) is 18.3 Å². The van der Waals surface area contributed by atoms with Gasteiger partial charge in [0.15, 0.2) is 5.13 Å². The normalized spacial score (nSPS) is 9.64. The van der Waals surface area contributed by atoms with Crippen molar-refractivity contribution in [2.75, 3.05) is 11.1 Å². The molecular weight excluding hydrogens is 162 g/mol. The molecule has 0 saturated heterocycles. The Morgan fingerprint density at radius 1 is 1.73 bits per heavy atom. The molecule has 0 aromatic carbocycles. The van der Waals surface area contributed by atoms with Crippen LogP contribution in [0.4, 0.5) is 10.1 Å². The summed E-state index contributed by atoms with van der Waals surface area (Å²) in [6, 6.07) is 0. The number of hydrogen-bond donors (Lipinski definition) is 2. The van der Waals surface area contributed by atoms with E-state index in [1.54, 1.807) is 6.92 Å². The van der Waals surface area contributed by atoms with E-state index in [0.29, 0.717) is 10.1 Å². The Bertz CT molecular complexity index is 262. The van der Waals surface area contributed by atoms with E-state index in [-0.39, 0.29) is 5.91 Å². The lowest BCUT2D eigenvalue weighted by molar-refractivity contribution is -0.114. The molecular formula is C6H9N3OS. The van der Waals surface area contributed by atoms with Crippen LogP contribution < -0.4 is 11.1 Å². The van der Waals surface area contributed by atoms with Gasteiger partial charge >= 0.3 is 0 Å². The van der Waals surface area contributed by atoms with Gasteiger partial charge in [0.1, 0.15) is 5.00 Å². The van der Waals surface area contributed by atoms with Gasteiger partial charge in [-0.2, -0.15) is 0 Å². The predicted octanol–water partition coefficient (Wildman–Crippen LogP) is 0.992. The lowest BCUT2D eigenvalue weighted by Crippen LogP contribution is -2.04. The maximum Gasteiger partial charge on any atom is 0.223 e. The van der Waals surface area contributed by atoms with Crippen LogP contribution >= 0.6 is 11.3 Å². The molecule has 0 fully saturated rings. The summed E-state index contributed by atoms with van der Waals surface area (Å²) in [6.45, 7) is 3.24. The number of nitrogens with one attached hydrogen (secondary N) is 1. The van der Waals surface area contributed by atoms with E-state index in [0.717, 1.165) is 5.69 Å². The molecule has 0 aliphatic rings. The molecule has 1 aromatic heterocycles. The van der Waals surface area contributed by atoms with Crippen LogP contribution in [0.1, 0.15) is 12.6 Å². The molecule has 1 amide bonds. The molecule has 4 nitrogen and oxygen atoms in total. The van der Waals surface area contributed by atoms with Crippen LogP contribution in [-0.4, -0.2) is 10.9 Å². The third kappa shape index (κ3) is 1.91. The van der Waals surface area contributed by atoms with E-state index in [9.17, 15) is 4.79 Å². The molecule has 1 heterocycles.